The Hall–Kier alpha value is -2.25. The molecule has 0 aliphatic heterocycles. The molecular formula is C22H23Cl3N4O2. The molecule has 0 bridgehead atoms. The van der Waals surface area contributed by atoms with Crippen molar-refractivity contribution >= 4 is 40.7 Å². The molecule has 6 nitrogen and oxygen atoms in total. The van der Waals surface area contributed by atoms with Crippen molar-refractivity contribution in [3.63, 3.8) is 0 Å². The Labute approximate surface area is 196 Å². The summed E-state index contributed by atoms with van der Waals surface area (Å²) in [5.41, 5.74) is 1.27. The first-order valence-corrected chi connectivity index (χ1v) is 10.8. The lowest BCUT2D eigenvalue weighted by molar-refractivity contribution is 0.0925. The normalized spacial score (nSPS) is 12.1. The lowest BCUT2D eigenvalue weighted by Gasteiger charge is -2.21. The molecule has 0 saturated heterocycles. The van der Waals surface area contributed by atoms with Crippen LogP contribution >= 0.6 is 34.8 Å². The third kappa shape index (κ3) is 6.61. The van der Waals surface area contributed by atoms with Gasteiger partial charge < -0.3 is 15.0 Å². The number of aromatic nitrogens is 2. The predicted octanol–water partition coefficient (Wildman–Crippen LogP) is 5.30. The van der Waals surface area contributed by atoms with Crippen LogP contribution in [0.3, 0.4) is 0 Å². The minimum absolute atomic E-state index is 0.0674. The molecule has 0 fully saturated rings. The van der Waals surface area contributed by atoms with Crippen molar-refractivity contribution in [2.75, 3.05) is 20.6 Å². The lowest BCUT2D eigenvalue weighted by Crippen LogP contribution is -2.31. The summed E-state index contributed by atoms with van der Waals surface area (Å²) in [7, 11) is 3.99. The fraction of sp³-hybridized carbons (Fsp3) is 0.273. The first-order valence-electron chi connectivity index (χ1n) is 9.65. The Morgan fingerprint density at radius 2 is 1.77 bits per heavy atom. The van der Waals surface area contributed by atoms with Gasteiger partial charge in [0.25, 0.3) is 5.91 Å². The zero-order valence-corrected chi connectivity index (χ0v) is 19.5. The number of benzene rings is 2. The molecule has 0 saturated carbocycles. The SMILES string of the molecule is CN(C)CCC(NC(=O)c1ccn(COc2c(Cl)cccc2Cl)n1)c1ccc(Cl)cc1. The first kappa shape index (κ1) is 23.4. The summed E-state index contributed by atoms with van der Waals surface area (Å²) in [6.45, 7) is 0.881. The van der Waals surface area contributed by atoms with Gasteiger partial charge in [-0.3, -0.25) is 4.79 Å². The Bertz CT molecular complexity index is 1000. The lowest BCUT2D eigenvalue weighted by atomic mass is 10.0. The van der Waals surface area contributed by atoms with Crippen molar-refractivity contribution < 1.29 is 9.53 Å². The molecule has 1 unspecified atom stereocenters. The number of halogens is 3. The minimum atomic E-state index is -0.270. The van der Waals surface area contributed by atoms with Gasteiger partial charge in [-0.1, -0.05) is 53.0 Å². The van der Waals surface area contributed by atoms with Crippen LogP contribution in [0, 0.1) is 0 Å². The number of carbonyl (C=O) groups is 1. The smallest absolute Gasteiger partial charge is 0.272 e. The van der Waals surface area contributed by atoms with E-state index in [0.717, 1.165) is 18.5 Å². The van der Waals surface area contributed by atoms with Crippen molar-refractivity contribution in [1.82, 2.24) is 20.0 Å². The number of hydrogen-bond donors (Lipinski definition) is 1. The molecule has 2 aromatic carbocycles. The van der Waals surface area contributed by atoms with Gasteiger partial charge in [0.1, 0.15) is 5.69 Å². The number of carbonyl (C=O) groups excluding carboxylic acids is 1. The molecule has 0 aliphatic rings. The molecule has 1 amide bonds. The van der Waals surface area contributed by atoms with Crippen molar-refractivity contribution in [2.45, 2.75) is 19.2 Å². The number of nitrogens with one attached hydrogen (secondary N) is 1. The van der Waals surface area contributed by atoms with Crippen molar-refractivity contribution in [2.24, 2.45) is 0 Å². The van der Waals surface area contributed by atoms with E-state index in [1.165, 1.54) is 4.68 Å². The summed E-state index contributed by atoms with van der Waals surface area (Å²) in [5, 5.41) is 8.83. The maximum absolute atomic E-state index is 12.8. The quantitative estimate of drug-likeness (QED) is 0.450. The second kappa shape index (κ2) is 10.9. The van der Waals surface area contributed by atoms with Crippen LogP contribution in [0.5, 0.6) is 5.75 Å². The van der Waals surface area contributed by atoms with E-state index in [-0.39, 0.29) is 24.4 Å². The number of para-hydroxylation sites is 1. The molecule has 3 rings (SSSR count). The van der Waals surface area contributed by atoms with Gasteiger partial charge in [-0.25, -0.2) is 4.68 Å². The van der Waals surface area contributed by atoms with E-state index < -0.39 is 0 Å². The molecule has 1 atom stereocenters. The summed E-state index contributed by atoms with van der Waals surface area (Å²) >= 11 is 18.2. The van der Waals surface area contributed by atoms with Crippen LogP contribution in [0.4, 0.5) is 0 Å². The van der Waals surface area contributed by atoms with Crippen LogP contribution in [0.15, 0.2) is 54.7 Å². The molecule has 0 spiro atoms. The van der Waals surface area contributed by atoms with Gasteiger partial charge >= 0.3 is 0 Å². The fourth-order valence-electron chi connectivity index (χ4n) is 2.94. The summed E-state index contributed by atoms with van der Waals surface area (Å²) in [5.74, 6) is 0.104. The highest BCUT2D eigenvalue weighted by molar-refractivity contribution is 6.37. The largest absolute Gasteiger partial charge is 0.468 e. The number of amides is 1. The number of hydrogen-bond acceptors (Lipinski definition) is 4. The van der Waals surface area contributed by atoms with Crippen LogP contribution in [0.25, 0.3) is 0 Å². The van der Waals surface area contributed by atoms with E-state index in [1.807, 2.05) is 38.4 Å². The van der Waals surface area contributed by atoms with E-state index in [1.54, 1.807) is 30.5 Å². The van der Waals surface area contributed by atoms with Crippen molar-refractivity contribution in [1.29, 1.82) is 0 Å². The van der Waals surface area contributed by atoms with E-state index in [4.69, 9.17) is 39.5 Å². The molecular weight excluding hydrogens is 459 g/mol. The number of nitrogens with zero attached hydrogens (tertiary/aromatic N) is 3. The second-order valence-corrected chi connectivity index (χ2v) is 8.49. The maximum Gasteiger partial charge on any atom is 0.272 e. The van der Waals surface area contributed by atoms with Crippen LogP contribution < -0.4 is 10.1 Å². The van der Waals surface area contributed by atoms with Gasteiger partial charge in [0.15, 0.2) is 12.5 Å². The molecule has 9 heteroatoms. The summed E-state index contributed by atoms with van der Waals surface area (Å²) in [6, 6.07) is 14.1. The molecule has 1 aromatic heterocycles. The van der Waals surface area contributed by atoms with Gasteiger partial charge in [-0.2, -0.15) is 5.10 Å². The molecule has 164 valence electrons. The topological polar surface area (TPSA) is 59.4 Å². The van der Waals surface area contributed by atoms with Crippen molar-refractivity contribution in [3.05, 3.63) is 81.1 Å². The Morgan fingerprint density at radius 1 is 1.10 bits per heavy atom. The highest BCUT2D eigenvalue weighted by Crippen LogP contribution is 2.32. The van der Waals surface area contributed by atoms with Crippen LogP contribution in [-0.4, -0.2) is 41.2 Å². The minimum Gasteiger partial charge on any atom is -0.468 e. The van der Waals surface area contributed by atoms with Gasteiger partial charge in [0.05, 0.1) is 16.1 Å². The highest BCUT2D eigenvalue weighted by atomic mass is 35.5. The Morgan fingerprint density at radius 3 is 2.42 bits per heavy atom. The van der Waals surface area contributed by atoms with Crippen LogP contribution in [0.2, 0.25) is 15.1 Å². The molecule has 3 aromatic rings. The van der Waals surface area contributed by atoms with Gasteiger partial charge in [0, 0.05) is 11.2 Å². The zero-order valence-electron chi connectivity index (χ0n) is 17.2. The summed E-state index contributed by atoms with van der Waals surface area (Å²) in [4.78, 5) is 14.9. The summed E-state index contributed by atoms with van der Waals surface area (Å²) in [6.07, 6.45) is 2.41. The monoisotopic (exact) mass is 480 g/mol. The van der Waals surface area contributed by atoms with E-state index in [9.17, 15) is 4.79 Å². The van der Waals surface area contributed by atoms with Crippen LogP contribution in [-0.2, 0) is 6.73 Å². The van der Waals surface area contributed by atoms with E-state index in [0.29, 0.717) is 20.8 Å². The standard InChI is InChI=1S/C22H23Cl3N4O2/c1-28(2)12-10-19(15-6-8-16(23)9-7-15)26-22(30)20-11-13-29(27-20)14-31-21-17(24)4-3-5-18(21)25/h3-9,11,13,19H,10,12,14H2,1-2H3,(H,26,30). The van der Waals surface area contributed by atoms with Gasteiger partial charge in [-0.05, 0) is 63.0 Å². The fourth-order valence-corrected chi connectivity index (χ4v) is 3.58. The molecule has 1 N–H and O–H groups in total. The molecule has 0 aliphatic carbocycles. The Balaban J connectivity index is 1.67. The zero-order chi connectivity index (χ0) is 22.4. The predicted molar refractivity (Wildman–Crippen MR) is 124 cm³/mol. The third-order valence-electron chi connectivity index (χ3n) is 4.58. The van der Waals surface area contributed by atoms with E-state index >= 15 is 0 Å². The molecule has 1 heterocycles. The van der Waals surface area contributed by atoms with Crippen molar-refractivity contribution in [3.8, 4) is 5.75 Å². The molecule has 31 heavy (non-hydrogen) atoms. The maximum atomic E-state index is 12.8. The average Bonchev–Trinajstić information content (AvgIpc) is 3.20. The van der Waals surface area contributed by atoms with E-state index in [2.05, 4.69) is 15.3 Å². The third-order valence-corrected chi connectivity index (χ3v) is 5.42. The molecule has 0 radical (unpaired) electrons. The second-order valence-electron chi connectivity index (χ2n) is 7.23. The average molecular weight is 482 g/mol. The highest BCUT2D eigenvalue weighted by Gasteiger charge is 2.18. The summed E-state index contributed by atoms with van der Waals surface area (Å²) < 4.78 is 7.17. The number of ether oxygens (including phenoxy) is 1. The van der Waals surface area contributed by atoms with Gasteiger partial charge in [0.2, 0.25) is 0 Å². The first-order chi connectivity index (χ1) is 14.8. The Kier molecular flexibility index (Phi) is 8.21. The number of rotatable bonds is 9. The van der Waals surface area contributed by atoms with Gasteiger partial charge in [-0.15, -0.1) is 0 Å². The van der Waals surface area contributed by atoms with Crippen LogP contribution in [0.1, 0.15) is 28.5 Å².